The third-order valence-electron chi connectivity index (χ3n) is 6.72. The zero-order chi connectivity index (χ0) is 24.9. The van der Waals surface area contributed by atoms with Crippen LogP contribution < -0.4 is 10.2 Å². The fraction of sp³-hybridized carbons (Fsp3) is 0.276. The molecule has 0 amide bonds. The molecule has 0 saturated carbocycles. The summed E-state index contributed by atoms with van der Waals surface area (Å²) in [5, 5.41) is 4.97. The van der Waals surface area contributed by atoms with Gasteiger partial charge >= 0.3 is 0 Å². The van der Waals surface area contributed by atoms with Crippen molar-refractivity contribution in [2.75, 3.05) is 42.9 Å². The molecule has 0 unspecified atom stereocenters. The van der Waals surface area contributed by atoms with Gasteiger partial charge in [0, 0.05) is 66.8 Å². The molecule has 1 aliphatic heterocycles. The standard InChI is InChI=1S/C29H29F3N4/c30-23-5-3-21(4-6-23)19-34-29-17-25(32)16-22-20-33-26(18-28(22)29)2-1-11-35-12-14-36(15-13-35)27-9-7-24(31)8-10-27/h3-10,16-18,20,34H,1-2,11-15,19H2. The number of hydrogen-bond donors (Lipinski definition) is 1. The van der Waals surface area contributed by atoms with Gasteiger partial charge in [-0.15, -0.1) is 0 Å². The Balaban J connectivity index is 1.17. The molecule has 1 aromatic heterocycles. The van der Waals surface area contributed by atoms with Crippen molar-refractivity contribution in [3.8, 4) is 0 Å². The van der Waals surface area contributed by atoms with Crippen molar-refractivity contribution in [2.24, 2.45) is 0 Å². The number of nitrogens with zero attached hydrogens (tertiary/aromatic N) is 3. The molecule has 1 saturated heterocycles. The van der Waals surface area contributed by atoms with Crippen LogP contribution in [0.15, 0.2) is 72.9 Å². The van der Waals surface area contributed by atoms with Crippen LogP contribution in [0.25, 0.3) is 10.8 Å². The Kier molecular flexibility index (Phi) is 7.37. The first-order valence-corrected chi connectivity index (χ1v) is 12.3. The molecule has 0 spiro atoms. The number of nitrogens with one attached hydrogen (secondary N) is 1. The Hall–Kier alpha value is -3.58. The first kappa shape index (κ1) is 24.1. The highest BCUT2D eigenvalue weighted by Gasteiger charge is 2.17. The molecule has 0 bridgehead atoms. The van der Waals surface area contributed by atoms with Crippen LogP contribution in [-0.4, -0.2) is 42.6 Å². The van der Waals surface area contributed by atoms with Crippen molar-refractivity contribution in [1.82, 2.24) is 9.88 Å². The first-order valence-electron chi connectivity index (χ1n) is 12.3. The summed E-state index contributed by atoms with van der Waals surface area (Å²) in [6.45, 7) is 5.25. The molecule has 7 heteroatoms. The minimum absolute atomic E-state index is 0.208. The molecule has 4 nitrogen and oxygen atoms in total. The van der Waals surface area contributed by atoms with Crippen LogP contribution in [0.1, 0.15) is 17.7 Å². The van der Waals surface area contributed by atoms with E-state index in [1.54, 1.807) is 18.3 Å². The third kappa shape index (κ3) is 5.97. The minimum atomic E-state index is -0.321. The molecule has 3 aromatic carbocycles. The van der Waals surface area contributed by atoms with Crippen molar-refractivity contribution in [1.29, 1.82) is 0 Å². The van der Waals surface area contributed by atoms with Crippen LogP contribution in [-0.2, 0) is 13.0 Å². The number of hydrogen-bond acceptors (Lipinski definition) is 4. The van der Waals surface area contributed by atoms with E-state index in [-0.39, 0.29) is 17.5 Å². The lowest BCUT2D eigenvalue weighted by Gasteiger charge is -2.36. The molecule has 5 rings (SSSR count). The number of anilines is 2. The Morgan fingerprint density at radius 2 is 1.47 bits per heavy atom. The number of pyridine rings is 1. The fourth-order valence-corrected chi connectivity index (χ4v) is 4.71. The average molecular weight is 491 g/mol. The van der Waals surface area contributed by atoms with Gasteiger partial charge in [-0.2, -0.15) is 0 Å². The molecule has 0 radical (unpaired) electrons. The predicted molar refractivity (Wildman–Crippen MR) is 139 cm³/mol. The van der Waals surface area contributed by atoms with E-state index in [0.717, 1.165) is 73.3 Å². The molecule has 0 aliphatic carbocycles. The van der Waals surface area contributed by atoms with Gasteiger partial charge < -0.3 is 10.2 Å². The number of halogens is 3. The number of rotatable bonds is 8. The SMILES string of the molecule is Fc1ccc(CNc2cc(F)cc3cnc(CCCN4CCN(c5ccc(F)cc5)CC4)cc23)cc1. The van der Waals surface area contributed by atoms with Gasteiger partial charge in [0.05, 0.1) is 0 Å². The Labute approximate surface area is 209 Å². The predicted octanol–water partition coefficient (Wildman–Crippen LogP) is 6.02. The molecule has 1 aliphatic rings. The minimum Gasteiger partial charge on any atom is -0.380 e. The zero-order valence-corrected chi connectivity index (χ0v) is 20.1. The summed E-state index contributed by atoms with van der Waals surface area (Å²) >= 11 is 0. The molecule has 4 aromatic rings. The van der Waals surface area contributed by atoms with Crippen molar-refractivity contribution < 1.29 is 13.2 Å². The summed E-state index contributed by atoms with van der Waals surface area (Å²) in [5.41, 5.74) is 3.66. The van der Waals surface area contributed by atoms with E-state index < -0.39 is 0 Å². The van der Waals surface area contributed by atoms with Gasteiger partial charge in [-0.05, 0) is 79.5 Å². The van der Waals surface area contributed by atoms with Crippen molar-refractivity contribution in [3.05, 3.63) is 102 Å². The summed E-state index contributed by atoms with van der Waals surface area (Å²) in [4.78, 5) is 9.31. The second-order valence-corrected chi connectivity index (χ2v) is 9.24. The highest BCUT2D eigenvalue weighted by atomic mass is 19.1. The molecule has 2 heterocycles. The van der Waals surface area contributed by atoms with Gasteiger partial charge in [0.1, 0.15) is 17.5 Å². The van der Waals surface area contributed by atoms with Gasteiger partial charge in [0.25, 0.3) is 0 Å². The Morgan fingerprint density at radius 1 is 0.778 bits per heavy atom. The smallest absolute Gasteiger partial charge is 0.125 e. The van der Waals surface area contributed by atoms with Gasteiger partial charge in [-0.25, -0.2) is 13.2 Å². The normalized spacial score (nSPS) is 14.4. The fourth-order valence-electron chi connectivity index (χ4n) is 4.71. The Morgan fingerprint density at radius 3 is 2.19 bits per heavy atom. The molecule has 1 N–H and O–H groups in total. The highest BCUT2D eigenvalue weighted by Crippen LogP contribution is 2.26. The van der Waals surface area contributed by atoms with Crippen LogP contribution in [0.3, 0.4) is 0 Å². The van der Waals surface area contributed by atoms with E-state index in [2.05, 4.69) is 20.1 Å². The molecule has 0 atom stereocenters. The van der Waals surface area contributed by atoms with E-state index in [9.17, 15) is 13.2 Å². The summed E-state index contributed by atoms with van der Waals surface area (Å²) < 4.78 is 40.6. The lowest BCUT2D eigenvalue weighted by Crippen LogP contribution is -2.46. The molecule has 1 fully saturated rings. The average Bonchev–Trinajstić information content (AvgIpc) is 2.89. The lowest BCUT2D eigenvalue weighted by molar-refractivity contribution is 0.255. The van der Waals surface area contributed by atoms with E-state index in [4.69, 9.17) is 0 Å². The van der Waals surface area contributed by atoms with Crippen LogP contribution >= 0.6 is 0 Å². The topological polar surface area (TPSA) is 31.4 Å². The second-order valence-electron chi connectivity index (χ2n) is 9.24. The summed E-state index contributed by atoms with van der Waals surface area (Å²) in [5.74, 6) is -0.806. The number of piperazine rings is 1. The maximum absolute atomic E-state index is 14.2. The van der Waals surface area contributed by atoms with Crippen molar-refractivity contribution in [3.63, 3.8) is 0 Å². The second kappa shape index (κ2) is 11.0. The third-order valence-corrected chi connectivity index (χ3v) is 6.72. The van der Waals surface area contributed by atoms with E-state index in [0.29, 0.717) is 12.2 Å². The maximum Gasteiger partial charge on any atom is 0.125 e. The van der Waals surface area contributed by atoms with Gasteiger partial charge in [0.15, 0.2) is 0 Å². The number of fused-ring (bicyclic) bond motifs is 1. The van der Waals surface area contributed by atoms with E-state index >= 15 is 0 Å². The van der Waals surface area contributed by atoms with Crippen molar-refractivity contribution in [2.45, 2.75) is 19.4 Å². The lowest BCUT2D eigenvalue weighted by atomic mass is 10.1. The number of aromatic nitrogens is 1. The number of aryl methyl sites for hydroxylation is 1. The van der Waals surface area contributed by atoms with E-state index in [1.807, 2.05) is 18.2 Å². The number of benzene rings is 3. The molecule has 186 valence electrons. The molecular weight excluding hydrogens is 461 g/mol. The first-order chi connectivity index (χ1) is 17.5. The summed E-state index contributed by atoms with van der Waals surface area (Å²) in [6, 6.07) is 18.0. The van der Waals surface area contributed by atoms with Crippen LogP contribution in [0.4, 0.5) is 24.5 Å². The van der Waals surface area contributed by atoms with Crippen LogP contribution in [0.5, 0.6) is 0 Å². The molecule has 36 heavy (non-hydrogen) atoms. The summed E-state index contributed by atoms with van der Waals surface area (Å²) in [6.07, 6.45) is 3.55. The van der Waals surface area contributed by atoms with Crippen LogP contribution in [0, 0.1) is 17.5 Å². The van der Waals surface area contributed by atoms with Crippen LogP contribution in [0.2, 0.25) is 0 Å². The largest absolute Gasteiger partial charge is 0.380 e. The molecular formula is C29H29F3N4. The monoisotopic (exact) mass is 490 g/mol. The maximum atomic E-state index is 14.2. The quantitative estimate of drug-likeness (QED) is 0.327. The van der Waals surface area contributed by atoms with Gasteiger partial charge in [-0.1, -0.05) is 12.1 Å². The van der Waals surface area contributed by atoms with E-state index in [1.165, 1.54) is 36.4 Å². The van der Waals surface area contributed by atoms with Crippen molar-refractivity contribution >= 4 is 22.1 Å². The Bertz CT molecular complexity index is 1300. The zero-order valence-electron chi connectivity index (χ0n) is 20.1. The summed E-state index contributed by atoms with van der Waals surface area (Å²) in [7, 11) is 0. The van der Waals surface area contributed by atoms with Gasteiger partial charge in [-0.3, -0.25) is 9.88 Å². The highest BCUT2D eigenvalue weighted by molar-refractivity contribution is 5.93. The van der Waals surface area contributed by atoms with Gasteiger partial charge in [0.2, 0.25) is 0 Å².